The van der Waals surface area contributed by atoms with Crippen LogP contribution in [0.5, 0.6) is 0 Å². The third-order valence-corrected chi connectivity index (χ3v) is 8.05. The number of benzene rings is 1. The van der Waals surface area contributed by atoms with Crippen LogP contribution < -0.4 is 0 Å². The zero-order chi connectivity index (χ0) is 21.3. The summed E-state index contributed by atoms with van der Waals surface area (Å²) in [6.07, 6.45) is 0.949. The summed E-state index contributed by atoms with van der Waals surface area (Å²) in [6, 6.07) is 9.29. The molecular formula is C21H27N3O5S. The molecule has 0 N–H and O–H groups in total. The Morgan fingerprint density at radius 1 is 1.00 bits per heavy atom. The Hall–Kier alpha value is -2.42. The zero-order valence-corrected chi connectivity index (χ0v) is 17.7. The molecule has 162 valence electrons. The molecule has 3 aliphatic heterocycles. The SMILES string of the molecule is O=C(Cc1ccccc1)N1CCN(C(=O)[C@@H]2CC(=O)N([C@H]3CCS(=O)(=O)C3)C2)CC1. The normalized spacial score (nSPS) is 26.3. The molecule has 0 aliphatic carbocycles. The highest BCUT2D eigenvalue weighted by Gasteiger charge is 2.43. The topological polar surface area (TPSA) is 95.1 Å². The number of amides is 3. The maximum absolute atomic E-state index is 12.9. The van der Waals surface area contributed by atoms with E-state index in [0.29, 0.717) is 45.6 Å². The molecule has 0 aromatic heterocycles. The molecule has 2 atom stereocenters. The second-order valence-electron chi connectivity index (χ2n) is 8.37. The largest absolute Gasteiger partial charge is 0.339 e. The fourth-order valence-corrected chi connectivity index (χ4v) is 6.32. The molecule has 4 rings (SSSR count). The Labute approximate surface area is 176 Å². The Kier molecular flexibility index (Phi) is 5.81. The molecule has 3 heterocycles. The lowest BCUT2D eigenvalue weighted by Gasteiger charge is -2.36. The van der Waals surface area contributed by atoms with Crippen molar-refractivity contribution in [1.82, 2.24) is 14.7 Å². The molecule has 0 radical (unpaired) electrons. The molecule has 9 heteroatoms. The second kappa shape index (κ2) is 8.37. The van der Waals surface area contributed by atoms with Crippen molar-refractivity contribution in [2.75, 3.05) is 44.2 Å². The van der Waals surface area contributed by atoms with E-state index in [2.05, 4.69) is 0 Å². The first-order valence-corrected chi connectivity index (χ1v) is 12.2. The molecule has 0 unspecified atom stereocenters. The number of carbonyl (C=O) groups excluding carboxylic acids is 3. The number of sulfone groups is 1. The summed E-state index contributed by atoms with van der Waals surface area (Å²) in [4.78, 5) is 42.9. The van der Waals surface area contributed by atoms with Gasteiger partial charge in [-0.3, -0.25) is 14.4 Å². The van der Waals surface area contributed by atoms with Gasteiger partial charge in [0.25, 0.3) is 0 Å². The van der Waals surface area contributed by atoms with Crippen molar-refractivity contribution in [2.45, 2.75) is 25.3 Å². The molecule has 1 aromatic rings. The van der Waals surface area contributed by atoms with Crippen LogP contribution in [0.1, 0.15) is 18.4 Å². The van der Waals surface area contributed by atoms with Gasteiger partial charge in [0.05, 0.1) is 23.8 Å². The van der Waals surface area contributed by atoms with Crippen LogP contribution in [0.3, 0.4) is 0 Å². The average Bonchev–Trinajstić information content (AvgIpc) is 3.30. The van der Waals surface area contributed by atoms with Crippen molar-refractivity contribution in [3.05, 3.63) is 35.9 Å². The third kappa shape index (κ3) is 4.50. The van der Waals surface area contributed by atoms with E-state index in [-0.39, 0.29) is 41.7 Å². The van der Waals surface area contributed by atoms with E-state index >= 15 is 0 Å². The Morgan fingerprint density at radius 3 is 2.30 bits per heavy atom. The molecule has 3 amide bonds. The van der Waals surface area contributed by atoms with Crippen LogP contribution in [0.25, 0.3) is 0 Å². The van der Waals surface area contributed by atoms with Gasteiger partial charge in [0.15, 0.2) is 9.84 Å². The highest BCUT2D eigenvalue weighted by Crippen LogP contribution is 2.27. The second-order valence-corrected chi connectivity index (χ2v) is 10.6. The van der Waals surface area contributed by atoms with Gasteiger partial charge >= 0.3 is 0 Å². The van der Waals surface area contributed by atoms with E-state index in [1.807, 2.05) is 30.3 Å². The van der Waals surface area contributed by atoms with Gasteiger partial charge in [-0.2, -0.15) is 0 Å². The van der Waals surface area contributed by atoms with Crippen LogP contribution >= 0.6 is 0 Å². The summed E-state index contributed by atoms with van der Waals surface area (Å²) < 4.78 is 23.4. The summed E-state index contributed by atoms with van der Waals surface area (Å²) in [5.74, 6) is -0.458. The van der Waals surface area contributed by atoms with Crippen molar-refractivity contribution in [1.29, 1.82) is 0 Å². The molecule has 3 fully saturated rings. The maximum Gasteiger partial charge on any atom is 0.228 e. The van der Waals surface area contributed by atoms with E-state index in [0.717, 1.165) is 5.56 Å². The average molecular weight is 434 g/mol. The molecule has 0 saturated carbocycles. The molecule has 3 aliphatic rings. The minimum atomic E-state index is -3.08. The molecule has 3 saturated heterocycles. The minimum Gasteiger partial charge on any atom is -0.339 e. The number of piperazine rings is 1. The van der Waals surface area contributed by atoms with Crippen LogP contribution in [-0.4, -0.2) is 91.1 Å². The van der Waals surface area contributed by atoms with Crippen LogP contribution in [0.4, 0.5) is 0 Å². The van der Waals surface area contributed by atoms with Gasteiger partial charge in [-0.1, -0.05) is 30.3 Å². The standard InChI is InChI=1S/C21H27N3O5S/c25-19(12-16-4-2-1-3-5-16)22-7-9-23(10-8-22)21(27)17-13-20(26)24(14-17)18-6-11-30(28,29)15-18/h1-5,17-18H,6-15H2/t17-,18+/m1/s1. The Balaban J connectivity index is 1.28. The van der Waals surface area contributed by atoms with Crippen LogP contribution in [0.15, 0.2) is 30.3 Å². The van der Waals surface area contributed by atoms with Gasteiger partial charge in [0.2, 0.25) is 17.7 Å². The van der Waals surface area contributed by atoms with Gasteiger partial charge in [-0.15, -0.1) is 0 Å². The van der Waals surface area contributed by atoms with Gasteiger partial charge in [-0.25, -0.2) is 8.42 Å². The van der Waals surface area contributed by atoms with E-state index < -0.39 is 15.8 Å². The summed E-state index contributed by atoms with van der Waals surface area (Å²) in [5.41, 5.74) is 0.972. The van der Waals surface area contributed by atoms with E-state index in [1.54, 1.807) is 14.7 Å². The van der Waals surface area contributed by atoms with Crippen molar-refractivity contribution >= 4 is 27.6 Å². The van der Waals surface area contributed by atoms with E-state index in [9.17, 15) is 22.8 Å². The number of carbonyl (C=O) groups is 3. The minimum absolute atomic E-state index is 0.00184. The van der Waals surface area contributed by atoms with Gasteiger partial charge in [0.1, 0.15) is 0 Å². The van der Waals surface area contributed by atoms with E-state index in [1.165, 1.54) is 0 Å². The fraction of sp³-hybridized carbons (Fsp3) is 0.571. The number of hydrogen-bond donors (Lipinski definition) is 0. The van der Waals surface area contributed by atoms with Crippen LogP contribution in [0, 0.1) is 5.92 Å². The molecule has 8 nitrogen and oxygen atoms in total. The first-order chi connectivity index (χ1) is 14.3. The van der Waals surface area contributed by atoms with Crippen molar-refractivity contribution in [2.24, 2.45) is 5.92 Å². The molecule has 1 aromatic carbocycles. The van der Waals surface area contributed by atoms with Gasteiger partial charge in [-0.05, 0) is 12.0 Å². The van der Waals surface area contributed by atoms with Gasteiger partial charge < -0.3 is 14.7 Å². The summed E-state index contributed by atoms with van der Waals surface area (Å²) in [7, 11) is -3.08. The monoisotopic (exact) mass is 433 g/mol. The summed E-state index contributed by atoms with van der Waals surface area (Å²) in [5, 5.41) is 0. The number of hydrogen-bond acceptors (Lipinski definition) is 5. The Morgan fingerprint density at radius 2 is 1.67 bits per heavy atom. The van der Waals surface area contributed by atoms with Crippen molar-refractivity contribution in [3.8, 4) is 0 Å². The Bertz CT molecular complexity index is 925. The highest BCUT2D eigenvalue weighted by atomic mass is 32.2. The first kappa shape index (κ1) is 20.8. The van der Waals surface area contributed by atoms with Crippen LogP contribution in [0.2, 0.25) is 0 Å². The summed E-state index contributed by atoms with van der Waals surface area (Å²) in [6.45, 7) is 2.19. The number of rotatable bonds is 4. The lowest BCUT2D eigenvalue weighted by molar-refractivity contribution is -0.141. The molecule has 30 heavy (non-hydrogen) atoms. The maximum atomic E-state index is 12.9. The number of nitrogens with zero attached hydrogens (tertiary/aromatic N) is 3. The lowest BCUT2D eigenvalue weighted by Crippen LogP contribution is -2.52. The summed E-state index contributed by atoms with van der Waals surface area (Å²) >= 11 is 0. The smallest absolute Gasteiger partial charge is 0.228 e. The highest BCUT2D eigenvalue weighted by molar-refractivity contribution is 7.91. The lowest BCUT2D eigenvalue weighted by atomic mass is 10.1. The van der Waals surface area contributed by atoms with Crippen molar-refractivity contribution < 1.29 is 22.8 Å². The fourth-order valence-electron chi connectivity index (χ4n) is 4.59. The third-order valence-electron chi connectivity index (χ3n) is 6.30. The van der Waals surface area contributed by atoms with E-state index in [4.69, 9.17) is 0 Å². The first-order valence-electron chi connectivity index (χ1n) is 10.4. The van der Waals surface area contributed by atoms with Crippen molar-refractivity contribution in [3.63, 3.8) is 0 Å². The predicted octanol–water partition coefficient (Wildman–Crippen LogP) is -0.0645. The molecule has 0 spiro atoms. The zero-order valence-electron chi connectivity index (χ0n) is 16.9. The predicted molar refractivity (Wildman–Crippen MR) is 110 cm³/mol. The molecule has 0 bridgehead atoms. The van der Waals surface area contributed by atoms with Gasteiger partial charge in [0, 0.05) is 45.2 Å². The molecular weight excluding hydrogens is 406 g/mol. The van der Waals surface area contributed by atoms with Crippen LogP contribution in [-0.2, 0) is 30.6 Å². The number of likely N-dealkylation sites (tertiary alicyclic amines) is 1. The quantitative estimate of drug-likeness (QED) is 0.663.